The molecule has 3 fully saturated rings. The zero-order valence-electron chi connectivity index (χ0n) is 12.3. The van der Waals surface area contributed by atoms with Crippen molar-refractivity contribution >= 4 is 0 Å². The highest BCUT2D eigenvalue weighted by atomic mass is 15.2. The van der Waals surface area contributed by atoms with Crippen molar-refractivity contribution in [3.63, 3.8) is 0 Å². The quantitative estimate of drug-likeness (QED) is 0.828. The minimum absolute atomic E-state index is 0.609. The van der Waals surface area contributed by atoms with Crippen molar-refractivity contribution in [1.29, 1.82) is 0 Å². The SMILES string of the molecule is CC1CNC(C2CC2)CN1CC1(C)CCCCC1. The lowest BCUT2D eigenvalue weighted by atomic mass is 9.75. The molecule has 0 spiro atoms. The molecular weight excluding hydrogens is 220 g/mol. The van der Waals surface area contributed by atoms with E-state index in [0.717, 1.165) is 18.0 Å². The Morgan fingerprint density at radius 3 is 2.56 bits per heavy atom. The summed E-state index contributed by atoms with van der Waals surface area (Å²) in [6, 6.07) is 1.53. The van der Waals surface area contributed by atoms with Crippen LogP contribution in [0.3, 0.4) is 0 Å². The van der Waals surface area contributed by atoms with Crippen molar-refractivity contribution < 1.29 is 0 Å². The van der Waals surface area contributed by atoms with E-state index in [1.165, 1.54) is 64.6 Å². The fourth-order valence-electron chi connectivity index (χ4n) is 4.04. The Kier molecular flexibility index (Phi) is 3.68. The molecule has 0 bridgehead atoms. The van der Waals surface area contributed by atoms with Crippen molar-refractivity contribution in [2.75, 3.05) is 19.6 Å². The summed E-state index contributed by atoms with van der Waals surface area (Å²) < 4.78 is 0. The lowest BCUT2D eigenvalue weighted by molar-refractivity contribution is 0.0608. The largest absolute Gasteiger partial charge is 0.311 e. The van der Waals surface area contributed by atoms with Crippen molar-refractivity contribution in [1.82, 2.24) is 10.2 Å². The van der Waals surface area contributed by atoms with Gasteiger partial charge < -0.3 is 5.32 Å². The van der Waals surface area contributed by atoms with Gasteiger partial charge >= 0.3 is 0 Å². The van der Waals surface area contributed by atoms with E-state index in [9.17, 15) is 0 Å². The van der Waals surface area contributed by atoms with Gasteiger partial charge in [-0.15, -0.1) is 0 Å². The zero-order valence-corrected chi connectivity index (χ0v) is 12.3. The first-order valence-electron chi connectivity index (χ1n) is 8.14. The fraction of sp³-hybridized carbons (Fsp3) is 1.00. The first-order valence-corrected chi connectivity index (χ1v) is 8.14. The summed E-state index contributed by atoms with van der Waals surface area (Å²) in [6.45, 7) is 8.80. The molecule has 2 atom stereocenters. The molecule has 0 amide bonds. The number of piperazine rings is 1. The van der Waals surface area contributed by atoms with E-state index in [0.29, 0.717) is 5.41 Å². The van der Waals surface area contributed by atoms with Crippen LogP contribution in [-0.4, -0.2) is 36.6 Å². The molecule has 3 aliphatic rings. The lowest BCUT2D eigenvalue weighted by Gasteiger charge is -2.45. The van der Waals surface area contributed by atoms with E-state index >= 15 is 0 Å². The van der Waals surface area contributed by atoms with Crippen LogP contribution < -0.4 is 5.32 Å². The van der Waals surface area contributed by atoms with Crippen LogP contribution in [-0.2, 0) is 0 Å². The molecule has 1 N–H and O–H groups in total. The molecule has 2 heteroatoms. The van der Waals surface area contributed by atoms with E-state index in [1.807, 2.05) is 0 Å². The van der Waals surface area contributed by atoms with E-state index in [4.69, 9.17) is 0 Å². The number of rotatable bonds is 3. The van der Waals surface area contributed by atoms with E-state index in [1.54, 1.807) is 0 Å². The molecule has 2 saturated carbocycles. The summed E-state index contributed by atoms with van der Waals surface area (Å²) in [5.74, 6) is 0.999. The molecular formula is C16H30N2. The highest BCUT2D eigenvalue weighted by molar-refractivity contribution is 4.95. The molecule has 0 radical (unpaired) electrons. The van der Waals surface area contributed by atoms with Gasteiger partial charge in [0, 0.05) is 31.7 Å². The molecule has 1 heterocycles. The van der Waals surface area contributed by atoms with Crippen molar-refractivity contribution in [2.24, 2.45) is 11.3 Å². The standard InChI is InChI=1S/C16H30N2/c1-13-10-17-15(14-6-7-14)11-18(13)12-16(2)8-4-3-5-9-16/h13-15,17H,3-12H2,1-2H3. The third-order valence-corrected chi connectivity index (χ3v) is 5.57. The first-order chi connectivity index (χ1) is 8.66. The number of nitrogens with zero attached hydrogens (tertiary/aromatic N) is 1. The van der Waals surface area contributed by atoms with Gasteiger partial charge in [-0.3, -0.25) is 4.90 Å². The highest BCUT2D eigenvalue weighted by Gasteiger charge is 2.38. The molecule has 2 nitrogen and oxygen atoms in total. The van der Waals surface area contributed by atoms with Crippen LogP contribution in [0.4, 0.5) is 0 Å². The molecule has 104 valence electrons. The van der Waals surface area contributed by atoms with E-state index < -0.39 is 0 Å². The summed E-state index contributed by atoms with van der Waals surface area (Å²) in [5.41, 5.74) is 0.609. The zero-order chi connectivity index (χ0) is 12.6. The fourth-order valence-corrected chi connectivity index (χ4v) is 4.04. The van der Waals surface area contributed by atoms with Crippen LogP contribution >= 0.6 is 0 Å². The van der Waals surface area contributed by atoms with Gasteiger partial charge in [0.1, 0.15) is 0 Å². The Balaban J connectivity index is 1.58. The van der Waals surface area contributed by atoms with Gasteiger partial charge in [0.2, 0.25) is 0 Å². The second-order valence-corrected chi connectivity index (χ2v) is 7.50. The minimum atomic E-state index is 0.609. The molecule has 0 aromatic heterocycles. The molecule has 1 saturated heterocycles. The van der Waals surface area contributed by atoms with Crippen LogP contribution in [0.15, 0.2) is 0 Å². The Hall–Kier alpha value is -0.0800. The summed E-state index contributed by atoms with van der Waals surface area (Å²) >= 11 is 0. The smallest absolute Gasteiger partial charge is 0.0224 e. The third-order valence-electron chi connectivity index (χ3n) is 5.57. The van der Waals surface area contributed by atoms with Gasteiger partial charge in [0.15, 0.2) is 0 Å². The topological polar surface area (TPSA) is 15.3 Å². The van der Waals surface area contributed by atoms with Crippen LogP contribution in [0, 0.1) is 11.3 Å². The van der Waals surface area contributed by atoms with Gasteiger partial charge in [-0.05, 0) is 43.9 Å². The summed E-state index contributed by atoms with van der Waals surface area (Å²) in [4.78, 5) is 2.80. The molecule has 1 aliphatic heterocycles. The normalized spacial score (nSPS) is 37.7. The Morgan fingerprint density at radius 2 is 1.89 bits per heavy atom. The third kappa shape index (κ3) is 2.91. The monoisotopic (exact) mass is 250 g/mol. The van der Waals surface area contributed by atoms with Crippen molar-refractivity contribution in [2.45, 2.75) is 70.9 Å². The highest BCUT2D eigenvalue weighted by Crippen LogP contribution is 2.38. The predicted molar refractivity (Wildman–Crippen MR) is 76.7 cm³/mol. The summed E-state index contributed by atoms with van der Waals surface area (Å²) in [6.07, 6.45) is 10.2. The maximum absolute atomic E-state index is 3.77. The van der Waals surface area contributed by atoms with Crippen LogP contribution in [0.2, 0.25) is 0 Å². The number of hydrogen-bond acceptors (Lipinski definition) is 2. The average molecular weight is 250 g/mol. The Bertz CT molecular complexity index is 279. The minimum Gasteiger partial charge on any atom is -0.311 e. The van der Waals surface area contributed by atoms with Gasteiger partial charge in [-0.1, -0.05) is 26.2 Å². The molecule has 18 heavy (non-hydrogen) atoms. The van der Waals surface area contributed by atoms with Crippen LogP contribution in [0.5, 0.6) is 0 Å². The maximum atomic E-state index is 3.77. The van der Waals surface area contributed by atoms with Gasteiger partial charge in [-0.25, -0.2) is 0 Å². The van der Waals surface area contributed by atoms with Gasteiger partial charge in [-0.2, -0.15) is 0 Å². The number of hydrogen-bond donors (Lipinski definition) is 1. The van der Waals surface area contributed by atoms with Crippen LogP contribution in [0.25, 0.3) is 0 Å². The Labute approximate surface area is 113 Å². The molecule has 0 aromatic rings. The molecule has 2 aliphatic carbocycles. The average Bonchev–Trinajstić information content (AvgIpc) is 3.17. The first kappa shape index (κ1) is 12.9. The maximum Gasteiger partial charge on any atom is 0.0224 e. The predicted octanol–water partition coefficient (Wildman–Crippen LogP) is 3.03. The Morgan fingerprint density at radius 1 is 1.17 bits per heavy atom. The van der Waals surface area contributed by atoms with Gasteiger partial charge in [0.05, 0.1) is 0 Å². The second-order valence-electron chi connectivity index (χ2n) is 7.50. The van der Waals surface area contributed by atoms with Crippen molar-refractivity contribution in [3.05, 3.63) is 0 Å². The number of nitrogens with one attached hydrogen (secondary N) is 1. The van der Waals surface area contributed by atoms with E-state index in [-0.39, 0.29) is 0 Å². The van der Waals surface area contributed by atoms with Crippen molar-refractivity contribution in [3.8, 4) is 0 Å². The molecule has 3 rings (SSSR count). The summed E-state index contributed by atoms with van der Waals surface area (Å²) in [5, 5.41) is 3.77. The van der Waals surface area contributed by atoms with Gasteiger partial charge in [0.25, 0.3) is 0 Å². The summed E-state index contributed by atoms with van der Waals surface area (Å²) in [7, 11) is 0. The van der Waals surface area contributed by atoms with Crippen LogP contribution in [0.1, 0.15) is 58.8 Å². The second kappa shape index (κ2) is 5.13. The molecule has 2 unspecified atom stereocenters. The van der Waals surface area contributed by atoms with E-state index in [2.05, 4.69) is 24.1 Å². The lowest BCUT2D eigenvalue weighted by Crippen LogP contribution is -2.58. The molecule has 0 aromatic carbocycles.